The molecule has 0 aromatic carbocycles. The second kappa shape index (κ2) is 5.57. The van der Waals surface area contributed by atoms with Crippen LogP contribution in [0.4, 0.5) is 0 Å². The largest absolute Gasteiger partial charge is 0.357 e. The van der Waals surface area contributed by atoms with Gasteiger partial charge < -0.3 is 10.6 Å². The molecule has 4 nitrogen and oxygen atoms in total. The summed E-state index contributed by atoms with van der Waals surface area (Å²) in [7, 11) is 1.55. The first-order valence-electron chi connectivity index (χ1n) is 4.12. The van der Waals surface area contributed by atoms with E-state index >= 15 is 0 Å². The van der Waals surface area contributed by atoms with Gasteiger partial charge in [0.25, 0.3) is 0 Å². The monoisotopic (exact) mass is 172 g/mol. The van der Waals surface area contributed by atoms with Crippen LogP contribution in [0.2, 0.25) is 0 Å². The van der Waals surface area contributed by atoms with Crippen molar-refractivity contribution in [1.29, 1.82) is 0 Å². The van der Waals surface area contributed by atoms with E-state index in [-0.39, 0.29) is 11.8 Å². The van der Waals surface area contributed by atoms with Gasteiger partial charge in [0.1, 0.15) is 6.04 Å². The van der Waals surface area contributed by atoms with Gasteiger partial charge in [-0.15, -0.1) is 0 Å². The minimum atomic E-state index is -0.436. The maximum atomic E-state index is 11.0. The lowest BCUT2D eigenvalue weighted by Crippen LogP contribution is -2.43. The molecule has 0 rings (SSSR count). The van der Waals surface area contributed by atoms with E-state index in [0.717, 1.165) is 6.42 Å². The van der Waals surface area contributed by atoms with Crippen LogP contribution >= 0.6 is 0 Å². The van der Waals surface area contributed by atoms with Crippen molar-refractivity contribution in [3.05, 3.63) is 0 Å². The van der Waals surface area contributed by atoms with Gasteiger partial charge in [0, 0.05) is 13.5 Å². The Hall–Kier alpha value is -1.06. The SMILES string of the molecule is CCCC(=O)NC(C)C(=O)NC. The molecular formula is C8H16N2O2. The van der Waals surface area contributed by atoms with Gasteiger partial charge in [0.05, 0.1) is 0 Å². The van der Waals surface area contributed by atoms with Crippen LogP contribution in [0.1, 0.15) is 26.7 Å². The molecule has 0 saturated carbocycles. The lowest BCUT2D eigenvalue weighted by Gasteiger charge is -2.11. The van der Waals surface area contributed by atoms with Crippen molar-refractivity contribution in [3.8, 4) is 0 Å². The normalized spacial score (nSPS) is 11.9. The van der Waals surface area contributed by atoms with Gasteiger partial charge in [-0.2, -0.15) is 0 Å². The fourth-order valence-electron chi connectivity index (χ4n) is 0.823. The quantitative estimate of drug-likeness (QED) is 0.629. The Balaban J connectivity index is 3.75. The van der Waals surface area contributed by atoms with E-state index in [1.54, 1.807) is 14.0 Å². The minimum Gasteiger partial charge on any atom is -0.357 e. The summed E-state index contributed by atoms with van der Waals surface area (Å²) in [6, 6.07) is -0.436. The average Bonchev–Trinajstić information content (AvgIpc) is 2.03. The molecule has 1 atom stereocenters. The molecule has 1 unspecified atom stereocenters. The zero-order valence-corrected chi connectivity index (χ0v) is 7.81. The van der Waals surface area contributed by atoms with Crippen molar-refractivity contribution in [2.45, 2.75) is 32.7 Å². The number of hydrogen-bond donors (Lipinski definition) is 2. The number of hydrogen-bond acceptors (Lipinski definition) is 2. The van der Waals surface area contributed by atoms with E-state index in [2.05, 4.69) is 10.6 Å². The first-order chi connectivity index (χ1) is 5.61. The molecule has 0 radical (unpaired) electrons. The zero-order chi connectivity index (χ0) is 9.56. The predicted molar refractivity (Wildman–Crippen MR) is 46.6 cm³/mol. The first kappa shape index (κ1) is 10.9. The van der Waals surface area contributed by atoms with Gasteiger partial charge in [0.2, 0.25) is 11.8 Å². The molecule has 0 aliphatic carbocycles. The van der Waals surface area contributed by atoms with Crippen molar-refractivity contribution in [2.75, 3.05) is 7.05 Å². The molecule has 4 heteroatoms. The Bertz CT molecular complexity index is 168. The summed E-state index contributed by atoms with van der Waals surface area (Å²) in [5, 5.41) is 5.04. The van der Waals surface area contributed by atoms with Crippen LogP contribution in [0.15, 0.2) is 0 Å². The number of rotatable bonds is 4. The van der Waals surface area contributed by atoms with Gasteiger partial charge in [0.15, 0.2) is 0 Å². The van der Waals surface area contributed by atoms with E-state index in [1.807, 2.05) is 6.92 Å². The molecule has 2 N–H and O–H groups in total. The molecule has 0 saturated heterocycles. The number of carbonyl (C=O) groups is 2. The third-order valence-electron chi connectivity index (χ3n) is 1.49. The molecule has 0 aliphatic rings. The lowest BCUT2D eigenvalue weighted by atomic mass is 10.2. The fourth-order valence-corrected chi connectivity index (χ4v) is 0.823. The molecular weight excluding hydrogens is 156 g/mol. The highest BCUT2D eigenvalue weighted by molar-refractivity contribution is 5.86. The minimum absolute atomic E-state index is 0.0754. The standard InChI is InChI=1S/C8H16N2O2/c1-4-5-7(11)10-6(2)8(12)9-3/h6H,4-5H2,1-3H3,(H,9,12)(H,10,11). The van der Waals surface area contributed by atoms with E-state index in [1.165, 1.54) is 0 Å². The summed E-state index contributed by atoms with van der Waals surface area (Å²) in [6.45, 7) is 3.58. The van der Waals surface area contributed by atoms with E-state index in [4.69, 9.17) is 0 Å². The maximum absolute atomic E-state index is 11.0. The Kier molecular flexibility index (Phi) is 5.08. The molecule has 0 heterocycles. The molecule has 70 valence electrons. The number of amides is 2. The Morgan fingerprint density at radius 1 is 1.42 bits per heavy atom. The number of nitrogens with one attached hydrogen (secondary N) is 2. The lowest BCUT2D eigenvalue weighted by molar-refractivity contribution is -0.128. The fraction of sp³-hybridized carbons (Fsp3) is 0.750. The summed E-state index contributed by atoms with van der Waals surface area (Å²) in [4.78, 5) is 21.9. The molecule has 0 aromatic rings. The zero-order valence-electron chi connectivity index (χ0n) is 7.81. The highest BCUT2D eigenvalue weighted by atomic mass is 16.2. The molecule has 0 aliphatic heterocycles. The van der Waals surface area contributed by atoms with Crippen LogP contribution in [-0.2, 0) is 9.59 Å². The van der Waals surface area contributed by atoms with Crippen LogP contribution < -0.4 is 10.6 Å². The highest BCUT2D eigenvalue weighted by Crippen LogP contribution is 1.88. The third-order valence-corrected chi connectivity index (χ3v) is 1.49. The van der Waals surface area contributed by atoms with Gasteiger partial charge in [-0.05, 0) is 13.3 Å². The third kappa shape index (κ3) is 3.95. The van der Waals surface area contributed by atoms with Crippen LogP contribution in [-0.4, -0.2) is 24.9 Å². The van der Waals surface area contributed by atoms with E-state index < -0.39 is 6.04 Å². The first-order valence-corrected chi connectivity index (χ1v) is 4.12. The van der Waals surface area contributed by atoms with Crippen LogP contribution in [0, 0.1) is 0 Å². The van der Waals surface area contributed by atoms with Crippen LogP contribution in [0.3, 0.4) is 0 Å². The Morgan fingerprint density at radius 3 is 2.42 bits per heavy atom. The predicted octanol–water partition coefficient (Wildman–Crippen LogP) is 0.0372. The van der Waals surface area contributed by atoms with Gasteiger partial charge >= 0.3 is 0 Å². The summed E-state index contributed by atoms with van der Waals surface area (Å²) < 4.78 is 0. The number of carbonyl (C=O) groups excluding carboxylic acids is 2. The number of likely N-dealkylation sites (N-methyl/N-ethyl adjacent to an activating group) is 1. The van der Waals surface area contributed by atoms with Crippen molar-refractivity contribution in [1.82, 2.24) is 10.6 Å². The molecule has 2 amide bonds. The topological polar surface area (TPSA) is 58.2 Å². The molecule has 0 bridgehead atoms. The molecule has 0 aromatic heterocycles. The average molecular weight is 172 g/mol. The van der Waals surface area contributed by atoms with Crippen molar-refractivity contribution in [2.24, 2.45) is 0 Å². The van der Waals surface area contributed by atoms with E-state index in [0.29, 0.717) is 6.42 Å². The molecule has 0 fully saturated rings. The van der Waals surface area contributed by atoms with Gasteiger partial charge in [-0.25, -0.2) is 0 Å². The van der Waals surface area contributed by atoms with Crippen molar-refractivity contribution in [3.63, 3.8) is 0 Å². The smallest absolute Gasteiger partial charge is 0.242 e. The maximum Gasteiger partial charge on any atom is 0.242 e. The summed E-state index contributed by atoms with van der Waals surface area (Å²) in [6.07, 6.45) is 1.27. The van der Waals surface area contributed by atoms with Crippen molar-refractivity contribution < 1.29 is 9.59 Å². The summed E-state index contributed by atoms with van der Waals surface area (Å²) >= 11 is 0. The van der Waals surface area contributed by atoms with E-state index in [9.17, 15) is 9.59 Å². The van der Waals surface area contributed by atoms with Crippen LogP contribution in [0.25, 0.3) is 0 Å². The summed E-state index contributed by atoms with van der Waals surface area (Å²) in [5.41, 5.74) is 0. The van der Waals surface area contributed by atoms with Gasteiger partial charge in [-0.1, -0.05) is 6.92 Å². The Morgan fingerprint density at radius 2 is 2.00 bits per heavy atom. The van der Waals surface area contributed by atoms with Gasteiger partial charge in [-0.3, -0.25) is 9.59 Å². The second-order valence-electron chi connectivity index (χ2n) is 2.65. The highest BCUT2D eigenvalue weighted by Gasteiger charge is 2.12. The summed E-state index contributed by atoms with van der Waals surface area (Å²) in [5.74, 6) is -0.243. The molecule has 0 spiro atoms. The molecule has 12 heavy (non-hydrogen) atoms. The van der Waals surface area contributed by atoms with Crippen LogP contribution in [0.5, 0.6) is 0 Å². The second-order valence-corrected chi connectivity index (χ2v) is 2.65. The Labute approximate surface area is 72.7 Å². The van der Waals surface area contributed by atoms with Crippen molar-refractivity contribution >= 4 is 11.8 Å².